The third kappa shape index (κ3) is 6.64. The fourth-order valence-electron chi connectivity index (χ4n) is 1.40. The summed E-state index contributed by atoms with van der Waals surface area (Å²) in [4.78, 5) is 10.5. The fourth-order valence-corrected chi connectivity index (χ4v) is 1.40. The third-order valence-electron chi connectivity index (χ3n) is 2.43. The first-order chi connectivity index (χ1) is 9.11. The molecule has 0 aromatic heterocycles. The number of benzene rings is 1. The summed E-state index contributed by atoms with van der Waals surface area (Å²) in [5, 5.41) is 12.6. The smallest absolute Gasteiger partial charge is 0.218 e. The summed E-state index contributed by atoms with van der Waals surface area (Å²) >= 11 is 0. The zero-order chi connectivity index (χ0) is 14.1. The Morgan fingerprint density at radius 3 is 2.58 bits per heavy atom. The molecule has 1 aromatic carbocycles. The van der Waals surface area contributed by atoms with E-state index in [9.17, 15) is 9.90 Å². The number of carbonyl (C=O) groups is 1. The third-order valence-corrected chi connectivity index (χ3v) is 2.43. The van der Waals surface area contributed by atoms with Crippen molar-refractivity contribution in [3.8, 4) is 11.5 Å². The van der Waals surface area contributed by atoms with E-state index in [0.29, 0.717) is 18.8 Å². The van der Waals surface area contributed by atoms with Crippen LogP contribution in [0.2, 0.25) is 0 Å². The fraction of sp³-hybridized carbons (Fsp3) is 0.462. The Morgan fingerprint density at radius 2 is 2.00 bits per heavy atom. The van der Waals surface area contributed by atoms with Crippen LogP contribution in [0, 0.1) is 0 Å². The Bertz CT molecular complexity index is 381. The molecule has 1 aromatic rings. The van der Waals surface area contributed by atoms with Crippen molar-refractivity contribution >= 4 is 5.91 Å². The number of carbonyl (C=O) groups excluding carboxylic acids is 1. The zero-order valence-electron chi connectivity index (χ0n) is 11.0. The molecule has 0 saturated carbocycles. The van der Waals surface area contributed by atoms with Crippen molar-refractivity contribution in [3.63, 3.8) is 0 Å². The summed E-state index contributed by atoms with van der Waals surface area (Å²) in [5.41, 5.74) is 4.99. The summed E-state index contributed by atoms with van der Waals surface area (Å²) in [5.74, 6) is 1.05. The highest BCUT2D eigenvalue weighted by molar-refractivity contribution is 5.73. The van der Waals surface area contributed by atoms with Gasteiger partial charge in [-0.1, -0.05) is 0 Å². The average Bonchev–Trinajstić information content (AvgIpc) is 2.41. The standard InChI is InChI=1S/C13H20N2O4/c1-18-11-2-4-12(5-3-11)19-9-10(16)8-15-7-6-13(14)17/h2-5,10,15-16H,6-9H2,1H3,(H2,14,17). The Balaban J connectivity index is 2.18. The van der Waals surface area contributed by atoms with Gasteiger partial charge in [0.2, 0.25) is 5.91 Å². The minimum absolute atomic E-state index is 0.176. The number of primary amides is 1. The van der Waals surface area contributed by atoms with E-state index >= 15 is 0 Å². The second kappa shape index (κ2) is 8.34. The van der Waals surface area contributed by atoms with E-state index < -0.39 is 6.10 Å². The number of amides is 1. The van der Waals surface area contributed by atoms with Gasteiger partial charge in [0.1, 0.15) is 24.2 Å². The lowest BCUT2D eigenvalue weighted by molar-refractivity contribution is -0.117. The Kier molecular flexibility index (Phi) is 6.70. The van der Waals surface area contributed by atoms with Gasteiger partial charge in [0, 0.05) is 19.5 Å². The molecule has 1 rings (SSSR count). The van der Waals surface area contributed by atoms with Crippen LogP contribution in [0.4, 0.5) is 0 Å². The van der Waals surface area contributed by atoms with Crippen molar-refractivity contribution < 1.29 is 19.4 Å². The monoisotopic (exact) mass is 268 g/mol. The normalized spacial score (nSPS) is 11.9. The molecule has 6 nitrogen and oxygen atoms in total. The number of nitrogens with two attached hydrogens (primary N) is 1. The van der Waals surface area contributed by atoms with Crippen molar-refractivity contribution in [2.24, 2.45) is 5.73 Å². The number of hydrogen-bond donors (Lipinski definition) is 3. The number of hydrogen-bond acceptors (Lipinski definition) is 5. The number of aliphatic hydroxyl groups is 1. The largest absolute Gasteiger partial charge is 0.497 e. The SMILES string of the molecule is COc1ccc(OCC(O)CNCCC(N)=O)cc1. The molecule has 4 N–H and O–H groups in total. The number of aliphatic hydroxyl groups excluding tert-OH is 1. The lowest BCUT2D eigenvalue weighted by Crippen LogP contribution is -2.33. The van der Waals surface area contributed by atoms with Gasteiger partial charge >= 0.3 is 0 Å². The van der Waals surface area contributed by atoms with Crippen molar-refractivity contribution in [2.75, 3.05) is 26.8 Å². The van der Waals surface area contributed by atoms with Gasteiger partial charge in [-0.15, -0.1) is 0 Å². The van der Waals surface area contributed by atoms with Gasteiger partial charge in [0.25, 0.3) is 0 Å². The summed E-state index contributed by atoms with van der Waals surface area (Å²) in [7, 11) is 1.59. The van der Waals surface area contributed by atoms with Gasteiger partial charge in [-0.3, -0.25) is 4.79 Å². The van der Waals surface area contributed by atoms with Gasteiger partial charge in [-0.25, -0.2) is 0 Å². The molecular formula is C13H20N2O4. The van der Waals surface area contributed by atoms with E-state index in [2.05, 4.69) is 5.32 Å². The zero-order valence-corrected chi connectivity index (χ0v) is 11.0. The molecule has 1 atom stereocenters. The Hall–Kier alpha value is -1.79. The lowest BCUT2D eigenvalue weighted by Gasteiger charge is -2.13. The summed E-state index contributed by atoms with van der Waals surface area (Å²) < 4.78 is 10.4. The van der Waals surface area contributed by atoms with Crippen molar-refractivity contribution in [3.05, 3.63) is 24.3 Å². The van der Waals surface area contributed by atoms with Gasteiger partial charge in [-0.05, 0) is 24.3 Å². The van der Waals surface area contributed by atoms with Crippen LogP contribution in [0.25, 0.3) is 0 Å². The molecule has 0 bridgehead atoms. The molecule has 0 fully saturated rings. The minimum Gasteiger partial charge on any atom is -0.497 e. The van der Waals surface area contributed by atoms with Crippen molar-refractivity contribution in [2.45, 2.75) is 12.5 Å². The minimum atomic E-state index is -0.644. The Morgan fingerprint density at radius 1 is 1.37 bits per heavy atom. The van der Waals surface area contributed by atoms with Crippen LogP contribution in [0.1, 0.15) is 6.42 Å². The molecule has 0 heterocycles. The first-order valence-electron chi connectivity index (χ1n) is 6.05. The first-order valence-corrected chi connectivity index (χ1v) is 6.05. The van der Waals surface area contributed by atoms with Crippen molar-refractivity contribution in [1.82, 2.24) is 5.32 Å². The van der Waals surface area contributed by atoms with Crippen molar-refractivity contribution in [1.29, 1.82) is 0 Å². The molecule has 19 heavy (non-hydrogen) atoms. The van der Waals surface area contributed by atoms with Gasteiger partial charge < -0.3 is 25.6 Å². The average molecular weight is 268 g/mol. The van der Waals surface area contributed by atoms with E-state index in [0.717, 1.165) is 5.75 Å². The van der Waals surface area contributed by atoms with Crippen LogP contribution < -0.4 is 20.5 Å². The van der Waals surface area contributed by atoms with E-state index in [-0.39, 0.29) is 18.9 Å². The van der Waals surface area contributed by atoms with E-state index in [4.69, 9.17) is 15.2 Å². The second-order valence-corrected chi connectivity index (χ2v) is 4.06. The molecule has 1 amide bonds. The topological polar surface area (TPSA) is 93.8 Å². The maximum atomic E-state index is 10.5. The maximum absolute atomic E-state index is 10.5. The highest BCUT2D eigenvalue weighted by Crippen LogP contribution is 2.16. The number of nitrogens with one attached hydrogen (secondary N) is 1. The highest BCUT2D eigenvalue weighted by atomic mass is 16.5. The van der Waals surface area contributed by atoms with Crippen LogP contribution in [0.3, 0.4) is 0 Å². The molecule has 1 unspecified atom stereocenters. The van der Waals surface area contributed by atoms with Gasteiger partial charge in [0.05, 0.1) is 7.11 Å². The molecule has 0 aliphatic rings. The van der Waals surface area contributed by atoms with Crippen LogP contribution in [0.5, 0.6) is 11.5 Å². The van der Waals surface area contributed by atoms with E-state index in [1.54, 1.807) is 31.4 Å². The molecule has 106 valence electrons. The van der Waals surface area contributed by atoms with E-state index in [1.807, 2.05) is 0 Å². The molecule has 6 heteroatoms. The molecular weight excluding hydrogens is 248 g/mol. The number of ether oxygens (including phenoxy) is 2. The first kappa shape index (κ1) is 15.3. The van der Waals surface area contributed by atoms with E-state index in [1.165, 1.54) is 0 Å². The predicted octanol–water partition coefficient (Wildman–Crippen LogP) is -0.100. The predicted molar refractivity (Wildman–Crippen MR) is 71.2 cm³/mol. The molecule has 0 saturated heterocycles. The molecule has 0 aliphatic heterocycles. The molecule has 0 spiro atoms. The lowest BCUT2D eigenvalue weighted by atomic mass is 10.3. The number of methoxy groups -OCH3 is 1. The molecule has 0 radical (unpaired) electrons. The quantitative estimate of drug-likeness (QED) is 0.544. The maximum Gasteiger partial charge on any atom is 0.218 e. The highest BCUT2D eigenvalue weighted by Gasteiger charge is 2.05. The van der Waals surface area contributed by atoms with Crippen LogP contribution in [-0.2, 0) is 4.79 Å². The summed E-state index contributed by atoms with van der Waals surface area (Å²) in [6.07, 6.45) is -0.388. The second-order valence-electron chi connectivity index (χ2n) is 4.06. The van der Waals surface area contributed by atoms with Crippen LogP contribution in [-0.4, -0.2) is 43.9 Å². The van der Waals surface area contributed by atoms with Crippen LogP contribution >= 0.6 is 0 Å². The van der Waals surface area contributed by atoms with Crippen LogP contribution in [0.15, 0.2) is 24.3 Å². The Labute approximate surface area is 112 Å². The number of rotatable bonds is 9. The summed E-state index contributed by atoms with van der Waals surface area (Å²) in [6.45, 7) is 0.980. The van der Waals surface area contributed by atoms with Gasteiger partial charge in [-0.2, -0.15) is 0 Å². The summed E-state index contributed by atoms with van der Waals surface area (Å²) in [6, 6.07) is 7.11. The van der Waals surface area contributed by atoms with Gasteiger partial charge in [0.15, 0.2) is 0 Å². The molecule has 0 aliphatic carbocycles.